The quantitative estimate of drug-likeness (QED) is 0.0870. The van der Waals surface area contributed by atoms with E-state index in [2.05, 4.69) is 65.5 Å². The van der Waals surface area contributed by atoms with Gasteiger partial charge in [0.2, 0.25) is 11.9 Å². The average Bonchev–Trinajstić information content (AvgIpc) is 3.28. The van der Waals surface area contributed by atoms with Gasteiger partial charge in [0.15, 0.2) is 0 Å². The van der Waals surface area contributed by atoms with Crippen molar-refractivity contribution in [3.63, 3.8) is 0 Å². The number of halogens is 4. The summed E-state index contributed by atoms with van der Waals surface area (Å²) in [6.07, 6.45) is 5.00. The van der Waals surface area contributed by atoms with Gasteiger partial charge in [0, 0.05) is 36.9 Å². The third-order valence-electron chi connectivity index (χ3n) is 10.5. The highest BCUT2D eigenvalue weighted by molar-refractivity contribution is 7.99. The van der Waals surface area contributed by atoms with Crippen molar-refractivity contribution in [2.24, 2.45) is 0 Å². The number of aromatic hydroxyl groups is 2. The summed E-state index contributed by atoms with van der Waals surface area (Å²) in [7, 11) is 0. The lowest BCUT2D eigenvalue weighted by Gasteiger charge is -2.29. The Balaban J connectivity index is 0.000000158. The Morgan fingerprint density at radius 1 is 0.597 bits per heavy atom. The number of carbonyl (C=O) groups is 2. The van der Waals surface area contributed by atoms with E-state index < -0.39 is 0 Å². The SMILES string of the molecule is O=C1c2cnc(Nc3ccc4c(c3)CCNC4)nc2SCN1c1c(Cl)ccc(O)c1Cl.O=C1c2cnc(Nc3ccc4c(c3)CNCC4)nc2SCN1c1c(Cl)ccc(O)c1Cl. The number of hydrogen-bond donors (Lipinski definition) is 6. The molecule has 0 spiro atoms. The summed E-state index contributed by atoms with van der Waals surface area (Å²) < 4.78 is 0. The van der Waals surface area contributed by atoms with Crippen LogP contribution in [0.4, 0.5) is 34.6 Å². The van der Waals surface area contributed by atoms with Gasteiger partial charge in [0.1, 0.15) is 31.6 Å². The zero-order chi connectivity index (χ0) is 43.1. The summed E-state index contributed by atoms with van der Waals surface area (Å²) >= 11 is 27.7. The van der Waals surface area contributed by atoms with Crippen LogP contribution in [-0.2, 0) is 25.9 Å². The number of rotatable bonds is 6. The van der Waals surface area contributed by atoms with Crippen LogP contribution >= 0.6 is 69.9 Å². The van der Waals surface area contributed by atoms with Crippen LogP contribution in [0.2, 0.25) is 20.1 Å². The molecule has 0 unspecified atom stereocenters. The lowest BCUT2D eigenvalue weighted by atomic mass is 10.0. The fourth-order valence-corrected chi connectivity index (χ4v) is 10.3. The number of nitrogens with one attached hydrogen (secondary N) is 4. The third-order valence-corrected chi connectivity index (χ3v) is 13.7. The van der Waals surface area contributed by atoms with Crippen LogP contribution < -0.4 is 31.1 Å². The predicted molar refractivity (Wildman–Crippen MR) is 246 cm³/mol. The molecule has 20 heteroatoms. The van der Waals surface area contributed by atoms with Crippen molar-refractivity contribution < 1.29 is 19.8 Å². The Morgan fingerprint density at radius 2 is 1.06 bits per heavy atom. The molecule has 14 nitrogen and oxygen atoms in total. The van der Waals surface area contributed by atoms with Crippen molar-refractivity contribution in [1.29, 1.82) is 0 Å². The largest absolute Gasteiger partial charge is 0.506 e. The Bertz CT molecular complexity index is 2600. The number of amides is 2. The summed E-state index contributed by atoms with van der Waals surface area (Å²) in [6, 6.07) is 18.2. The van der Waals surface area contributed by atoms with Gasteiger partial charge in [-0.3, -0.25) is 19.4 Å². The number of aromatic nitrogens is 4. The van der Waals surface area contributed by atoms with Crippen molar-refractivity contribution in [2.45, 2.75) is 36.0 Å². The van der Waals surface area contributed by atoms with Crippen molar-refractivity contribution in [2.75, 3.05) is 45.3 Å². The zero-order valence-corrected chi connectivity index (χ0v) is 37.0. The normalized spacial score (nSPS) is 15.4. The second-order valence-electron chi connectivity index (χ2n) is 14.4. The molecule has 0 bridgehead atoms. The molecule has 316 valence electrons. The maximum absolute atomic E-state index is 13.1. The Kier molecular flexibility index (Phi) is 12.3. The molecule has 0 radical (unpaired) electrons. The molecule has 0 saturated carbocycles. The monoisotopic (exact) mass is 946 g/mol. The molecule has 0 aliphatic carbocycles. The number of anilines is 6. The van der Waals surface area contributed by atoms with Crippen molar-refractivity contribution in [3.05, 3.63) is 127 Å². The fraction of sp³-hybridized carbons (Fsp3) is 0.190. The maximum atomic E-state index is 13.1. The van der Waals surface area contributed by atoms with Gasteiger partial charge in [-0.1, -0.05) is 82.1 Å². The van der Waals surface area contributed by atoms with Gasteiger partial charge < -0.3 is 31.5 Å². The lowest BCUT2D eigenvalue weighted by Crippen LogP contribution is -2.35. The van der Waals surface area contributed by atoms with Crippen LogP contribution in [0, 0.1) is 0 Å². The van der Waals surface area contributed by atoms with E-state index in [1.54, 1.807) is 0 Å². The standard InChI is InChI=1S/2C21H17Cl2N5O2S/c22-15-3-4-16(29)17(23)18(15)28-10-31-19-14(20(28)30)9-25-21(27-19)26-13-2-1-12-8-24-6-5-11(12)7-13;22-15-3-4-16(29)17(23)18(15)28-10-31-19-14(20(28)30)9-25-21(27-19)26-13-2-1-11-5-6-24-8-12(11)7-13/h2*1-4,7,9,24,29H,5-6,8,10H2,(H,25,26,27). The summed E-state index contributed by atoms with van der Waals surface area (Å²) in [5.74, 6) is 0.444. The van der Waals surface area contributed by atoms with Gasteiger partial charge in [0.25, 0.3) is 11.8 Å². The van der Waals surface area contributed by atoms with Crippen molar-refractivity contribution >= 4 is 116 Å². The van der Waals surface area contributed by atoms with E-state index in [9.17, 15) is 19.8 Å². The van der Waals surface area contributed by atoms with Gasteiger partial charge in [-0.2, -0.15) is 0 Å². The van der Waals surface area contributed by atoms with Crippen LogP contribution in [0.5, 0.6) is 11.5 Å². The molecule has 2 aromatic heterocycles. The van der Waals surface area contributed by atoms with Crippen LogP contribution in [0.25, 0.3) is 0 Å². The number of phenols is 2. The number of nitrogens with zero attached hydrogens (tertiary/aromatic N) is 6. The van der Waals surface area contributed by atoms with Crippen molar-refractivity contribution in [3.8, 4) is 11.5 Å². The minimum atomic E-state index is -0.324. The zero-order valence-electron chi connectivity index (χ0n) is 32.3. The second kappa shape index (κ2) is 18.0. The van der Waals surface area contributed by atoms with E-state index in [1.807, 2.05) is 12.1 Å². The first-order chi connectivity index (χ1) is 30.0. The van der Waals surface area contributed by atoms with Crippen LogP contribution in [0.3, 0.4) is 0 Å². The number of thioether (sulfide) groups is 2. The number of benzene rings is 4. The molecule has 0 atom stereocenters. The Morgan fingerprint density at radius 3 is 1.60 bits per heavy atom. The molecule has 6 N–H and O–H groups in total. The summed E-state index contributed by atoms with van der Waals surface area (Å²) in [4.78, 5) is 46.7. The molecular weight excluding hydrogens is 914 g/mol. The molecule has 0 saturated heterocycles. The minimum absolute atomic E-state index is 0.0333. The van der Waals surface area contributed by atoms with E-state index in [0.717, 1.165) is 50.4 Å². The van der Waals surface area contributed by atoms with Gasteiger partial charge in [-0.25, -0.2) is 19.9 Å². The minimum Gasteiger partial charge on any atom is -0.506 e. The van der Waals surface area contributed by atoms with E-state index in [-0.39, 0.29) is 66.5 Å². The van der Waals surface area contributed by atoms with Crippen LogP contribution in [0.1, 0.15) is 43.0 Å². The molecule has 10 rings (SSSR count). The van der Waals surface area contributed by atoms with E-state index in [1.165, 1.54) is 92.2 Å². The number of hydrogen-bond acceptors (Lipinski definition) is 14. The van der Waals surface area contributed by atoms with Gasteiger partial charge >= 0.3 is 0 Å². The summed E-state index contributed by atoms with van der Waals surface area (Å²) in [5, 5.41) is 34.8. The highest BCUT2D eigenvalue weighted by Crippen LogP contribution is 2.45. The molecular formula is C42H34Cl4N10O4S2. The molecule has 4 aliphatic heterocycles. The van der Waals surface area contributed by atoms with Crippen LogP contribution in [-0.4, -0.2) is 66.8 Å². The van der Waals surface area contributed by atoms with E-state index in [0.29, 0.717) is 33.1 Å². The first-order valence-electron chi connectivity index (χ1n) is 19.2. The van der Waals surface area contributed by atoms with Crippen LogP contribution in [0.15, 0.2) is 83.1 Å². The highest BCUT2D eigenvalue weighted by Gasteiger charge is 2.33. The molecule has 2 amide bonds. The third kappa shape index (κ3) is 8.53. The summed E-state index contributed by atoms with van der Waals surface area (Å²) in [5.41, 5.74) is 8.28. The molecule has 0 fully saturated rings. The second-order valence-corrected chi connectivity index (χ2v) is 17.8. The first-order valence-corrected chi connectivity index (χ1v) is 22.7. The molecule has 62 heavy (non-hydrogen) atoms. The topological polar surface area (TPSA) is 181 Å². The molecule has 4 aromatic carbocycles. The van der Waals surface area contributed by atoms with E-state index >= 15 is 0 Å². The first kappa shape index (κ1) is 42.3. The lowest BCUT2D eigenvalue weighted by molar-refractivity contribution is 0.0978. The van der Waals surface area contributed by atoms with Crippen molar-refractivity contribution in [1.82, 2.24) is 30.6 Å². The number of phenolic OH excluding ortho intramolecular Hbond substituents is 2. The molecule has 4 aliphatic rings. The fourth-order valence-electron chi connectivity index (χ4n) is 7.28. The summed E-state index contributed by atoms with van der Waals surface area (Å²) in [6.45, 7) is 3.69. The van der Waals surface area contributed by atoms with Gasteiger partial charge in [-0.05, 0) is 96.7 Å². The smallest absolute Gasteiger partial charge is 0.263 e. The Hall–Kier alpha value is -5.04. The predicted octanol–water partition coefficient (Wildman–Crippen LogP) is 9.18. The van der Waals surface area contributed by atoms with Gasteiger partial charge in [-0.15, -0.1) is 0 Å². The average molecular weight is 949 g/mol. The molecule has 6 heterocycles. The van der Waals surface area contributed by atoms with E-state index in [4.69, 9.17) is 46.4 Å². The Labute approximate surface area is 383 Å². The number of carbonyl (C=O) groups excluding carboxylic acids is 2. The number of fused-ring (bicyclic) bond motifs is 4. The maximum Gasteiger partial charge on any atom is 0.263 e. The highest BCUT2D eigenvalue weighted by atomic mass is 35.5. The van der Waals surface area contributed by atoms with Gasteiger partial charge in [0.05, 0.1) is 44.3 Å². The molecule has 6 aromatic rings.